The van der Waals surface area contributed by atoms with Gasteiger partial charge in [-0.05, 0) is 55.0 Å². The van der Waals surface area contributed by atoms with Crippen molar-refractivity contribution in [2.45, 2.75) is 31.6 Å². The predicted octanol–water partition coefficient (Wildman–Crippen LogP) is 4.12. The highest BCUT2D eigenvalue weighted by molar-refractivity contribution is 5.74. The lowest BCUT2D eigenvalue weighted by Crippen LogP contribution is -2.35. The van der Waals surface area contributed by atoms with Crippen molar-refractivity contribution in [3.05, 3.63) is 53.7 Å². The van der Waals surface area contributed by atoms with Crippen molar-refractivity contribution in [3.63, 3.8) is 0 Å². The number of nitrogens with one attached hydrogen (secondary N) is 2. The van der Waals surface area contributed by atoms with Gasteiger partial charge in [0.25, 0.3) is 0 Å². The van der Waals surface area contributed by atoms with Gasteiger partial charge in [0.2, 0.25) is 0 Å². The number of pyridine rings is 1. The highest BCUT2D eigenvalue weighted by atomic mass is 19.4. The highest BCUT2D eigenvalue weighted by Crippen LogP contribution is 2.40. The topological polar surface area (TPSA) is 56.8 Å². The lowest BCUT2D eigenvalue weighted by molar-refractivity contribution is -0.141. The van der Waals surface area contributed by atoms with E-state index in [1.165, 1.54) is 18.2 Å². The summed E-state index contributed by atoms with van der Waals surface area (Å²) in [6, 6.07) is 8.78. The monoisotopic (exact) mass is 419 g/mol. The smallest absolute Gasteiger partial charge is 0.356 e. The summed E-state index contributed by atoms with van der Waals surface area (Å²) in [5.41, 5.74) is 0.534. The summed E-state index contributed by atoms with van der Waals surface area (Å²) in [5, 5.41) is 3.54. The Labute approximate surface area is 170 Å². The molecule has 5 rings (SSSR count). The molecule has 0 spiro atoms. The second-order valence-corrected chi connectivity index (χ2v) is 8.12. The summed E-state index contributed by atoms with van der Waals surface area (Å²) in [5.74, 6) is 1.61. The molecule has 1 aliphatic heterocycles. The Balaban J connectivity index is 1.25. The van der Waals surface area contributed by atoms with Crippen LogP contribution in [0.25, 0.3) is 11.0 Å². The normalized spacial score (nSPS) is 24.0. The van der Waals surface area contributed by atoms with Gasteiger partial charge in [-0.25, -0.2) is 14.4 Å². The third-order valence-electron chi connectivity index (χ3n) is 6.23. The number of nitrogens with zero attached hydrogens (tertiary/aromatic N) is 3. The fourth-order valence-electron chi connectivity index (χ4n) is 4.81. The van der Waals surface area contributed by atoms with Crippen LogP contribution in [0.2, 0.25) is 0 Å². The summed E-state index contributed by atoms with van der Waals surface area (Å²) < 4.78 is 52.3. The molecule has 1 saturated carbocycles. The predicted molar refractivity (Wildman–Crippen MR) is 104 cm³/mol. The Morgan fingerprint density at radius 1 is 1.10 bits per heavy atom. The third kappa shape index (κ3) is 3.62. The van der Waals surface area contributed by atoms with Crippen LogP contribution in [0.1, 0.15) is 24.4 Å². The summed E-state index contributed by atoms with van der Waals surface area (Å²) in [6.07, 6.45) is -2.39. The molecule has 3 aromatic rings. The molecule has 5 nitrogen and oxygen atoms in total. The number of halogens is 4. The minimum Gasteiger partial charge on any atom is -0.356 e. The minimum absolute atomic E-state index is 0.260. The molecule has 0 unspecified atom stereocenters. The highest BCUT2D eigenvalue weighted by Gasteiger charge is 2.43. The first-order valence-electron chi connectivity index (χ1n) is 10.0. The number of rotatable bonds is 4. The first-order valence-corrected chi connectivity index (χ1v) is 10.0. The number of alkyl halides is 3. The van der Waals surface area contributed by atoms with E-state index in [9.17, 15) is 17.6 Å². The molecular weight excluding hydrogens is 398 g/mol. The molecule has 1 aliphatic carbocycles. The number of fused-ring (bicyclic) bond motifs is 2. The number of hydrogen-bond donors (Lipinski definition) is 2. The molecule has 2 fully saturated rings. The second kappa shape index (κ2) is 7.23. The van der Waals surface area contributed by atoms with Crippen molar-refractivity contribution >= 4 is 16.9 Å². The van der Waals surface area contributed by atoms with Crippen LogP contribution in [0.3, 0.4) is 0 Å². The summed E-state index contributed by atoms with van der Waals surface area (Å²) in [7, 11) is 0. The zero-order chi connectivity index (χ0) is 20.9. The van der Waals surface area contributed by atoms with Crippen LogP contribution in [-0.4, -0.2) is 34.1 Å². The number of anilines is 1. The standard InChI is InChI=1S/C21H21F4N5/c22-13-5-7-16-17(8-13)28-19(27-16)9-26-15-6-4-12-10-30(11-14(12)15)20-3-1-2-18(29-20)21(23,24)25/h1-3,5,7-8,12,14-15,26H,4,6,9-11H2,(H,27,28)/t12-,14+,15+/m1/s1. The van der Waals surface area contributed by atoms with E-state index in [0.717, 1.165) is 36.8 Å². The zero-order valence-corrected chi connectivity index (χ0v) is 16.1. The van der Waals surface area contributed by atoms with Crippen molar-refractivity contribution in [2.75, 3.05) is 18.0 Å². The van der Waals surface area contributed by atoms with E-state index in [4.69, 9.17) is 0 Å². The van der Waals surface area contributed by atoms with Crippen LogP contribution in [0, 0.1) is 17.7 Å². The Bertz CT molecular complexity index is 1060. The Hall–Kier alpha value is -2.68. The zero-order valence-electron chi connectivity index (χ0n) is 16.1. The number of imidazole rings is 1. The van der Waals surface area contributed by atoms with E-state index >= 15 is 0 Å². The largest absolute Gasteiger partial charge is 0.433 e. The van der Waals surface area contributed by atoms with Gasteiger partial charge in [0.05, 0.1) is 17.6 Å². The Morgan fingerprint density at radius 3 is 2.80 bits per heavy atom. The van der Waals surface area contributed by atoms with Crippen LogP contribution in [0.4, 0.5) is 23.4 Å². The Kier molecular flexibility index (Phi) is 4.65. The molecule has 2 aromatic heterocycles. The van der Waals surface area contributed by atoms with E-state index < -0.39 is 11.9 Å². The van der Waals surface area contributed by atoms with Crippen LogP contribution < -0.4 is 10.2 Å². The van der Waals surface area contributed by atoms with Gasteiger partial charge in [-0.2, -0.15) is 13.2 Å². The van der Waals surface area contributed by atoms with Crippen molar-refractivity contribution in [3.8, 4) is 0 Å². The molecule has 0 radical (unpaired) electrons. The lowest BCUT2D eigenvalue weighted by atomic mass is 9.98. The summed E-state index contributed by atoms with van der Waals surface area (Å²) in [4.78, 5) is 13.4. The SMILES string of the molecule is Fc1ccc2nc(CN[C@H]3CC[C@@H]4CN(c5cccc(C(F)(F)F)n5)C[C@@H]43)[nH]c2c1. The lowest BCUT2D eigenvalue weighted by Gasteiger charge is -2.22. The molecule has 2 N–H and O–H groups in total. The molecular formula is C21H21F4N5. The van der Waals surface area contributed by atoms with Gasteiger partial charge < -0.3 is 15.2 Å². The van der Waals surface area contributed by atoms with Gasteiger partial charge in [-0.1, -0.05) is 6.07 Å². The Morgan fingerprint density at radius 2 is 1.97 bits per heavy atom. The quantitative estimate of drug-likeness (QED) is 0.625. The van der Waals surface area contributed by atoms with Crippen LogP contribution in [-0.2, 0) is 12.7 Å². The van der Waals surface area contributed by atoms with Gasteiger partial charge in [0, 0.05) is 19.1 Å². The fraction of sp³-hybridized carbons (Fsp3) is 0.429. The van der Waals surface area contributed by atoms with E-state index in [1.807, 2.05) is 4.90 Å². The van der Waals surface area contributed by atoms with Crippen molar-refractivity contribution in [1.29, 1.82) is 0 Å². The van der Waals surface area contributed by atoms with Crippen LogP contribution >= 0.6 is 0 Å². The maximum absolute atomic E-state index is 13.4. The summed E-state index contributed by atoms with van der Waals surface area (Å²) >= 11 is 0. The molecule has 3 atom stereocenters. The number of aromatic amines is 1. The second-order valence-electron chi connectivity index (χ2n) is 8.12. The number of hydrogen-bond acceptors (Lipinski definition) is 4. The van der Waals surface area contributed by atoms with Gasteiger partial charge in [-0.15, -0.1) is 0 Å². The van der Waals surface area contributed by atoms with E-state index in [0.29, 0.717) is 36.3 Å². The first kappa shape index (κ1) is 19.3. The van der Waals surface area contributed by atoms with Crippen molar-refractivity contribution in [1.82, 2.24) is 20.3 Å². The molecule has 158 valence electrons. The van der Waals surface area contributed by atoms with Gasteiger partial charge >= 0.3 is 6.18 Å². The molecule has 1 saturated heterocycles. The average Bonchev–Trinajstić information content (AvgIpc) is 3.39. The van der Waals surface area contributed by atoms with E-state index in [-0.39, 0.29) is 11.9 Å². The molecule has 3 heterocycles. The van der Waals surface area contributed by atoms with E-state index in [2.05, 4.69) is 20.3 Å². The number of H-pyrrole nitrogens is 1. The van der Waals surface area contributed by atoms with Gasteiger partial charge in [0.15, 0.2) is 0 Å². The summed E-state index contributed by atoms with van der Waals surface area (Å²) in [6.45, 7) is 1.94. The molecule has 1 aromatic carbocycles. The van der Waals surface area contributed by atoms with Crippen LogP contribution in [0.15, 0.2) is 36.4 Å². The molecule has 30 heavy (non-hydrogen) atoms. The van der Waals surface area contributed by atoms with Gasteiger partial charge in [0.1, 0.15) is 23.2 Å². The molecule has 0 amide bonds. The van der Waals surface area contributed by atoms with Gasteiger partial charge in [-0.3, -0.25) is 0 Å². The maximum atomic E-state index is 13.4. The number of aromatic nitrogens is 3. The van der Waals surface area contributed by atoms with Crippen molar-refractivity contribution in [2.24, 2.45) is 11.8 Å². The fourth-order valence-corrected chi connectivity index (χ4v) is 4.81. The molecule has 2 aliphatic rings. The average molecular weight is 419 g/mol. The first-order chi connectivity index (χ1) is 14.4. The van der Waals surface area contributed by atoms with Crippen molar-refractivity contribution < 1.29 is 17.6 Å². The van der Waals surface area contributed by atoms with E-state index in [1.54, 1.807) is 12.1 Å². The third-order valence-corrected chi connectivity index (χ3v) is 6.23. The number of benzene rings is 1. The minimum atomic E-state index is -4.44. The van der Waals surface area contributed by atoms with Crippen LogP contribution in [0.5, 0.6) is 0 Å². The maximum Gasteiger partial charge on any atom is 0.433 e. The molecule has 9 heteroatoms. The molecule has 0 bridgehead atoms.